The van der Waals surface area contributed by atoms with E-state index in [4.69, 9.17) is 17.0 Å². The smallest absolute Gasteiger partial charge is 0.338 e. The molecule has 1 aromatic carbocycles. The molecule has 0 spiro atoms. The maximum Gasteiger partial charge on any atom is 0.338 e. The summed E-state index contributed by atoms with van der Waals surface area (Å²) in [6, 6.07) is 7.38. The Morgan fingerprint density at radius 2 is 1.79 bits per heavy atom. The number of hydrogen-bond donors (Lipinski definition) is 3. The molecule has 8 heteroatoms. The van der Waals surface area contributed by atoms with Crippen molar-refractivity contribution in [2.45, 2.75) is 57.7 Å². The van der Waals surface area contributed by atoms with Gasteiger partial charge in [-0.05, 0) is 76.0 Å². The Labute approximate surface area is 171 Å². The molecule has 2 saturated heterocycles. The standard InChI is InChI=1S/C20H28N4O3S/c1-3-21-20(28)24-16-9-10-17(24)12-15(11-16)23-19(26)22-14-7-5-13(6-8-14)18(25)27-4-2/h5-8,15-17H,3-4,9-12H2,1-2H3,(H,21,28)(H2,22,23,26)/t15?,16-,17+. The average Bonchev–Trinajstić information content (AvgIpc) is 2.93. The summed E-state index contributed by atoms with van der Waals surface area (Å²) in [6.07, 6.45) is 4.03. The number of urea groups is 1. The first-order valence-corrected chi connectivity index (χ1v) is 10.3. The number of nitrogens with one attached hydrogen (secondary N) is 3. The lowest BCUT2D eigenvalue weighted by Crippen LogP contribution is -2.55. The topological polar surface area (TPSA) is 82.7 Å². The lowest BCUT2D eigenvalue weighted by molar-refractivity contribution is 0.0526. The average molecular weight is 405 g/mol. The third-order valence-corrected chi connectivity index (χ3v) is 5.64. The van der Waals surface area contributed by atoms with Crippen molar-refractivity contribution in [2.75, 3.05) is 18.5 Å². The van der Waals surface area contributed by atoms with Crippen LogP contribution >= 0.6 is 12.2 Å². The minimum atomic E-state index is -0.365. The molecule has 0 radical (unpaired) electrons. The van der Waals surface area contributed by atoms with Gasteiger partial charge in [-0.15, -0.1) is 0 Å². The van der Waals surface area contributed by atoms with Crippen LogP contribution in [0, 0.1) is 0 Å². The number of nitrogens with zero attached hydrogens (tertiary/aromatic N) is 1. The summed E-state index contributed by atoms with van der Waals surface area (Å²) in [4.78, 5) is 26.4. The molecule has 3 rings (SSSR count). The zero-order chi connectivity index (χ0) is 20.1. The molecular formula is C20H28N4O3S. The molecule has 1 unspecified atom stereocenters. The number of anilines is 1. The first-order valence-electron chi connectivity index (χ1n) is 9.92. The van der Waals surface area contributed by atoms with E-state index in [0.29, 0.717) is 29.9 Å². The Hall–Kier alpha value is -2.35. The van der Waals surface area contributed by atoms with Crippen molar-refractivity contribution in [1.29, 1.82) is 0 Å². The number of carbonyl (C=O) groups excluding carboxylic acids is 2. The Morgan fingerprint density at radius 3 is 2.36 bits per heavy atom. The first kappa shape index (κ1) is 20.4. The highest BCUT2D eigenvalue weighted by molar-refractivity contribution is 7.80. The summed E-state index contributed by atoms with van der Waals surface area (Å²) in [6.45, 7) is 4.98. The van der Waals surface area contributed by atoms with Crippen molar-refractivity contribution in [3.8, 4) is 0 Å². The highest BCUT2D eigenvalue weighted by atomic mass is 32.1. The Morgan fingerprint density at radius 1 is 1.14 bits per heavy atom. The van der Waals surface area contributed by atoms with Crippen LogP contribution in [0.4, 0.5) is 10.5 Å². The van der Waals surface area contributed by atoms with Crippen LogP contribution in [0.15, 0.2) is 24.3 Å². The molecule has 0 saturated carbocycles. The Bertz CT molecular complexity index is 711. The number of carbonyl (C=O) groups is 2. The second-order valence-electron chi connectivity index (χ2n) is 7.19. The second kappa shape index (κ2) is 9.23. The summed E-state index contributed by atoms with van der Waals surface area (Å²) in [5.74, 6) is -0.365. The molecule has 2 heterocycles. The van der Waals surface area contributed by atoms with Gasteiger partial charge in [0.15, 0.2) is 5.11 Å². The van der Waals surface area contributed by atoms with Gasteiger partial charge in [0.2, 0.25) is 0 Å². The fourth-order valence-corrected chi connectivity index (χ4v) is 4.57. The van der Waals surface area contributed by atoms with Crippen molar-refractivity contribution in [2.24, 2.45) is 0 Å². The third kappa shape index (κ3) is 4.73. The number of piperidine rings is 1. The number of amides is 2. The van der Waals surface area contributed by atoms with Gasteiger partial charge in [-0.1, -0.05) is 0 Å². The van der Waals surface area contributed by atoms with Crippen molar-refractivity contribution in [1.82, 2.24) is 15.5 Å². The molecule has 3 atom stereocenters. The normalized spacial score (nSPS) is 23.1. The molecule has 3 N–H and O–H groups in total. The van der Waals surface area contributed by atoms with Gasteiger partial charge in [-0.3, -0.25) is 0 Å². The number of esters is 1. The SMILES string of the molecule is CCNC(=S)N1[C@@H]2CC[C@H]1CC(NC(=O)Nc1ccc(C(=O)OCC)cc1)C2. The van der Waals surface area contributed by atoms with E-state index in [1.54, 1.807) is 31.2 Å². The number of hydrogen-bond acceptors (Lipinski definition) is 4. The summed E-state index contributed by atoms with van der Waals surface area (Å²) in [5, 5.41) is 10.0. The van der Waals surface area contributed by atoms with Crippen LogP contribution in [0.25, 0.3) is 0 Å². The molecule has 28 heavy (non-hydrogen) atoms. The predicted octanol–water partition coefficient (Wildman–Crippen LogP) is 2.87. The van der Waals surface area contributed by atoms with E-state index in [1.165, 1.54) is 0 Å². The Balaban J connectivity index is 1.51. The number of fused-ring (bicyclic) bond motifs is 2. The van der Waals surface area contributed by atoms with Crippen LogP contribution in [0.3, 0.4) is 0 Å². The maximum absolute atomic E-state index is 12.4. The highest BCUT2D eigenvalue weighted by Gasteiger charge is 2.42. The third-order valence-electron chi connectivity index (χ3n) is 5.28. The summed E-state index contributed by atoms with van der Waals surface area (Å²) in [7, 11) is 0. The predicted molar refractivity (Wildman–Crippen MR) is 112 cm³/mol. The van der Waals surface area contributed by atoms with Gasteiger partial charge >= 0.3 is 12.0 Å². The second-order valence-corrected chi connectivity index (χ2v) is 7.58. The molecular weight excluding hydrogens is 376 g/mol. The largest absolute Gasteiger partial charge is 0.462 e. The number of thiocarbonyl (C=S) groups is 1. The van der Waals surface area contributed by atoms with Crippen LogP contribution in [-0.4, -0.2) is 53.3 Å². The zero-order valence-electron chi connectivity index (χ0n) is 16.4. The van der Waals surface area contributed by atoms with Crippen molar-refractivity contribution in [3.63, 3.8) is 0 Å². The van der Waals surface area contributed by atoms with E-state index in [0.717, 1.165) is 37.3 Å². The molecule has 2 fully saturated rings. The molecule has 2 bridgehead atoms. The van der Waals surface area contributed by atoms with Gasteiger partial charge in [0, 0.05) is 30.4 Å². The van der Waals surface area contributed by atoms with E-state index in [2.05, 4.69) is 20.9 Å². The minimum absolute atomic E-state index is 0.136. The van der Waals surface area contributed by atoms with E-state index in [-0.39, 0.29) is 18.0 Å². The van der Waals surface area contributed by atoms with Crippen LogP contribution in [0.2, 0.25) is 0 Å². The first-order chi connectivity index (χ1) is 13.5. The molecule has 2 aliphatic heterocycles. The summed E-state index contributed by atoms with van der Waals surface area (Å²) < 4.78 is 4.96. The van der Waals surface area contributed by atoms with E-state index < -0.39 is 0 Å². The van der Waals surface area contributed by atoms with Crippen molar-refractivity contribution in [3.05, 3.63) is 29.8 Å². The Kier molecular flexibility index (Phi) is 6.72. The molecule has 7 nitrogen and oxygen atoms in total. The van der Waals surface area contributed by atoms with E-state index >= 15 is 0 Å². The van der Waals surface area contributed by atoms with Gasteiger partial charge in [-0.2, -0.15) is 0 Å². The minimum Gasteiger partial charge on any atom is -0.462 e. The molecule has 1 aromatic rings. The van der Waals surface area contributed by atoms with Crippen LogP contribution < -0.4 is 16.0 Å². The maximum atomic E-state index is 12.4. The van der Waals surface area contributed by atoms with Crippen LogP contribution in [-0.2, 0) is 4.74 Å². The van der Waals surface area contributed by atoms with Crippen molar-refractivity contribution >= 4 is 35.0 Å². The van der Waals surface area contributed by atoms with E-state index in [1.807, 2.05) is 6.92 Å². The summed E-state index contributed by atoms with van der Waals surface area (Å²) in [5.41, 5.74) is 1.10. The van der Waals surface area contributed by atoms with Gasteiger partial charge in [-0.25, -0.2) is 9.59 Å². The zero-order valence-corrected chi connectivity index (χ0v) is 17.2. The molecule has 0 aliphatic carbocycles. The summed E-state index contributed by atoms with van der Waals surface area (Å²) >= 11 is 5.51. The number of benzene rings is 1. The number of ether oxygens (including phenoxy) is 1. The lowest BCUT2D eigenvalue weighted by atomic mass is 9.98. The van der Waals surface area contributed by atoms with Crippen LogP contribution in [0.5, 0.6) is 0 Å². The monoisotopic (exact) mass is 404 g/mol. The van der Waals surface area contributed by atoms with E-state index in [9.17, 15) is 9.59 Å². The van der Waals surface area contributed by atoms with Gasteiger partial charge < -0.3 is 25.6 Å². The molecule has 0 aromatic heterocycles. The van der Waals surface area contributed by atoms with Gasteiger partial charge in [0.1, 0.15) is 0 Å². The van der Waals surface area contributed by atoms with Crippen LogP contribution in [0.1, 0.15) is 49.9 Å². The highest BCUT2D eigenvalue weighted by Crippen LogP contribution is 2.35. The van der Waals surface area contributed by atoms with Gasteiger partial charge in [0.25, 0.3) is 0 Å². The van der Waals surface area contributed by atoms with Gasteiger partial charge in [0.05, 0.1) is 12.2 Å². The van der Waals surface area contributed by atoms with Crippen molar-refractivity contribution < 1.29 is 14.3 Å². The fraction of sp³-hybridized carbons (Fsp3) is 0.550. The quantitative estimate of drug-likeness (QED) is 0.517. The number of rotatable bonds is 5. The molecule has 152 valence electrons. The fourth-order valence-electron chi connectivity index (χ4n) is 4.13. The molecule has 2 amide bonds. The lowest BCUT2D eigenvalue weighted by Gasteiger charge is -2.40. The molecule has 2 aliphatic rings.